The molecule has 0 bridgehead atoms. The van der Waals surface area contributed by atoms with Gasteiger partial charge < -0.3 is 9.30 Å². The second kappa shape index (κ2) is 6.32. The highest BCUT2D eigenvalue weighted by atomic mass is 32.2. The summed E-state index contributed by atoms with van der Waals surface area (Å²) in [4.78, 5) is 4.63. The van der Waals surface area contributed by atoms with E-state index >= 15 is 0 Å². The van der Waals surface area contributed by atoms with Gasteiger partial charge in [-0.25, -0.2) is 0 Å². The van der Waals surface area contributed by atoms with Gasteiger partial charge in [-0.1, -0.05) is 11.8 Å². The number of rotatable bonds is 4. The highest BCUT2D eigenvalue weighted by molar-refractivity contribution is 8.14. The summed E-state index contributed by atoms with van der Waals surface area (Å²) in [6, 6.07) is 2.80. The van der Waals surface area contributed by atoms with Gasteiger partial charge in [0.05, 0.1) is 17.9 Å². The molecule has 0 spiro atoms. The van der Waals surface area contributed by atoms with Crippen molar-refractivity contribution in [3.63, 3.8) is 0 Å². The third-order valence-electron chi connectivity index (χ3n) is 4.77. The molecule has 2 aliphatic heterocycles. The molecule has 23 heavy (non-hydrogen) atoms. The molecule has 5 nitrogen and oxygen atoms in total. The van der Waals surface area contributed by atoms with Gasteiger partial charge >= 0.3 is 0 Å². The Morgan fingerprint density at radius 1 is 1.39 bits per heavy atom. The molecule has 1 aromatic rings. The average molecular weight is 332 g/mol. The Hall–Kier alpha value is -1.27. The summed E-state index contributed by atoms with van der Waals surface area (Å²) in [7, 11) is 0. The Morgan fingerprint density at radius 3 is 2.91 bits per heavy atom. The maximum absolute atomic E-state index is 5.80. The third-order valence-corrected chi connectivity index (χ3v) is 5.66. The number of hydrogen-bond donors (Lipinski definition) is 1. The predicted molar refractivity (Wildman–Crippen MR) is 95.5 cm³/mol. The molecule has 6 heteroatoms. The zero-order chi connectivity index (χ0) is 15.8. The third kappa shape index (κ3) is 3.33. The Balaban J connectivity index is 1.51. The monoisotopic (exact) mass is 332 g/mol. The first-order valence-electron chi connectivity index (χ1n) is 8.52. The number of nitrogens with one attached hydrogen (secondary N) is 1. The van der Waals surface area contributed by atoms with E-state index in [2.05, 4.69) is 40.0 Å². The van der Waals surface area contributed by atoms with Crippen LogP contribution in [0, 0.1) is 13.8 Å². The molecule has 4 rings (SSSR count). The molecule has 3 aliphatic rings. The predicted octanol–water partition coefficient (Wildman–Crippen LogP) is 2.84. The van der Waals surface area contributed by atoms with Crippen molar-refractivity contribution in [3.8, 4) is 0 Å². The number of aryl methyl sites for hydroxylation is 1. The molecule has 0 amide bonds. The molecular weight excluding hydrogens is 308 g/mol. The van der Waals surface area contributed by atoms with Crippen LogP contribution in [0.15, 0.2) is 16.2 Å². The van der Waals surface area contributed by atoms with Crippen LogP contribution in [0.2, 0.25) is 0 Å². The Labute approximate surface area is 141 Å². The number of ether oxygens (including phenoxy) is 1. The summed E-state index contributed by atoms with van der Waals surface area (Å²) in [5.41, 5.74) is 8.10. The van der Waals surface area contributed by atoms with Crippen molar-refractivity contribution < 1.29 is 4.74 Å². The Kier molecular flexibility index (Phi) is 4.20. The van der Waals surface area contributed by atoms with Gasteiger partial charge in [0.2, 0.25) is 0 Å². The fourth-order valence-electron chi connectivity index (χ4n) is 3.26. The smallest absolute Gasteiger partial charge is 0.177 e. The van der Waals surface area contributed by atoms with E-state index in [9.17, 15) is 0 Å². The van der Waals surface area contributed by atoms with Gasteiger partial charge in [0, 0.05) is 35.9 Å². The summed E-state index contributed by atoms with van der Waals surface area (Å²) in [5.74, 6) is 0.892. The van der Waals surface area contributed by atoms with Crippen molar-refractivity contribution in [1.29, 1.82) is 0 Å². The minimum absolute atomic E-state index is 0.366. The molecule has 1 unspecified atom stereocenters. The van der Waals surface area contributed by atoms with E-state index in [4.69, 9.17) is 4.74 Å². The highest BCUT2D eigenvalue weighted by Gasteiger charge is 2.24. The number of thioether (sulfide) groups is 1. The van der Waals surface area contributed by atoms with Crippen LogP contribution in [-0.2, 0) is 11.3 Å². The quantitative estimate of drug-likeness (QED) is 0.922. The number of amidine groups is 1. The van der Waals surface area contributed by atoms with E-state index in [0.29, 0.717) is 12.1 Å². The minimum Gasteiger partial charge on any atom is -0.376 e. The number of aromatic nitrogens is 1. The van der Waals surface area contributed by atoms with Gasteiger partial charge in [0.1, 0.15) is 0 Å². The first kappa shape index (κ1) is 15.3. The summed E-state index contributed by atoms with van der Waals surface area (Å²) >= 11 is 1.77. The minimum atomic E-state index is 0.366. The lowest BCUT2D eigenvalue weighted by Crippen LogP contribution is -2.26. The maximum atomic E-state index is 5.80. The van der Waals surface area contributed by atoms with Crippen molar-refractivity contribution in [2.45, 2.75) is 58.2 Å². The van der Waals surface area contributed by atoms with Crippen molar-refractivity contribution in [2.24, 2.45) is 10.1 Å². The lowest BCUT2D eigenvalue weighted by atomic mass is 10.1. The first-order valence-corrected chi connectivity index (χ1v) is 9.51. The van der Waals surface area contributed by atoms with Crippen LogP contribution in [0.25, 0.3) is 0 Å². The van der Waals surface area contributed by atoms with Gasteiger partial charge in [0.25, 0.3) is 0 Å². The number of nitrogens with zero attached hydrogens (tertiary/aromatic N) is 3. The lowest BCUT2D eigenvalue weighted by molar-refractivity contribution is 0.0962. The molecule has 0 aromatic carbocycles. The molecular formula is C17H24N4OS. The molecule has 1 N–H and O–H groups in total. The fourth-order valence-corrected chi connectivity index (χ4v) is 4.08. The molecule has 0 radical (unpaired) electrons. The maximum Gasteiger partial charge on any atom is 0.177 e. The zero-order valence-corrected chi connectivity index (χ0v) is 14.7. The zero-order valence-electron chi connectivity index (χ0n) is 13.8. The standard InChI is InChI=1S/C17H24N4OS/c1-11-8-15(12(2)21(11)9-14-4-3-7-22-14)16-10-23-17(20-19-16)18-13-5-6-13/h8,13-14H,3-7,9-10H2,1-2H3,(H,18,20). The molecule has 3 heterocycles. The van der Waals surface area contributed by atoms with Gasteiger partial charge in [-0.05, 0) is 45.6 Å². The van der Waals surface area contributed by atoms with Crippen molar-refractivity contribution >= 4 is 22.6 Å². The van der Waals surface area contributed by atoms with Crippen LogP contribution in [0.3, 0.4) is 0 Å². The van der Waals surface area contributed by atoms with Crippen molar-refractivity contribution in [1.82, 2.24) is 9.99 Å². The van der Waals surface area contributed by atoms with E-state index in [1.807, 2.05) is 0 Å². The lowest BCUT2D eigenvalue weighted by Gasteiger charge is -2.17. The Morgan fingerprint density at radius 2 is 2.26 bits per heavy atom. The van der Waals surface area contributed by atoms with Crippen molar-refractivity contribution in [2.75, 3.05) is 12.4 Å². The Bertz CT molecular complexity index is 654. The molecule has 124 valence electrons. The fraction of sp³-hybridized carbons (Fsp3) is 0.647. The molecule has 1 saturated carbocycles. The van der Waals surface area contributed by atoms with Crippen LogP contribution in [0.1, 0.15) is 42.6 Å². The van der Waals surface area contributed by atoms with E-state index in [1.165, 1.54) is 42.6 Å². The topological polar surface area (TPSA) is 50.9 Å². The van der Waals surface area contributed by atoms with Crippen LogP contribution in [0.5, 0.6) is 0 Å². The molecule has 1 aliphatic carbocycles. The van der Waals surface area contributed by atoms with E-state index in [-0.39, 0.29) is 0 Å². The van der Waals surface area contributed by atoms with E-state index < -0.39 is 0 Å². The molecule has 1 aromatic heterocycles. The first-order chi connectivity index (χ1) is 11.2. The second-order valence-electron chi connectivity index (χ2n) is 6.65. The van der Waals surface area contributed by atoms with Crippen LogP contribution < -0.4 is 5.43 Å². The van der Waals surface area contributed by atoms with Crippen molar-refractivity contribution in [3.05, 3.63) is 23.0 Å². The van der Waals surface area contributed by atoms with Crippen LogP contribution in [0.4, 0.5) is 0 Å². The number of hydrogen-bond acceptors (Lipinski definition) is 4. The summed E-state index contributed by atoms with van der Waals surface area (Å²) < 4.78 is 8.18. The number of aliphatic imine (C=N–C) groups is 1. The van der Waals surface area contributed by atoms with Gasteiger partial charge in [0.15, 0.2) is 5.17 Å². The average Bonchev–Trinajstić information content (AvgIpc) is 3.13. The van der Waals surface area contributed by atoms with Crippen LogP contribution in [-0.4, -0.2) is 40.0 Å². The molecule has 2 fully saturated rings. The SMILES string of the molecule is Cc1cc(C2=NNC(=NC3CC3)SC2)c(C)n1CC1CCCO1. The normalized spacial score (nSPS) is 26.4. The van der Waals surface area contributed by atoms with Gasteiger partial charge in [-0.2, -0.15) is 5.10 Å². The summed E-state index contributed by atoms with van der Waals surface area (Å²) in [5, 5.41) is 5.56. The largest absolute Gasteiger partial charge is 0.376 e. The van der Waals surface area contributed by atoms with Gasteiger partial charge in [-0.3, -0.25) is 10.4 Å². The van der Waals surface area contributed by atoms with Crippen LogP contribution >= 0.6 is 11.8 Å². The van der Waals surface area contributed by atoms with Gasteiger partial charge in [-0.15, -0.1) is 0 Å². The summed E-state index contributed by atoms with van der Waals surface area (Å²) in [6.07, 6.45) is 5.18. The number of hydrazone groups is 1. The molecule has 1 atom stereocenters. The summed E-state index contributed by atoms with van der Waals surface area (Å²) in [6.45, 7) is 6.24. The van der Waals surface area contributed by atoms with E-state index in [0.717, 1.165) is 29.8 Å². The second-order valence-corrected chi connectivity index (χ2v) is 7.62. The molecule has 1 saturated heterocycles. The highest BCUT2D eigenvalue weighted by Crippen LogP contribution is 2.27. The van der Waals surface area contributed by atoms with E-state index in [1.54, 1.807) is 11.8 Å².